The first-order chi connectivity index (χ1) is 11.1. The summed E-state index contributed by atoms with van der Waals surface area (Å²) in [7, 11) is 0. The summed E-state index contributed by atoms with van der Waals surface area (Å²) >= 11 is 1.70. The van der Waals surface area contributed by atoms with E-state index in [2.05, 4.69) is 46.8 Å². The van der Waals surface area contributed by atoms with Crippen LogP contribution in [0.5, 0.6) is 0 Å². The van der Waals surface area contributed by atoms with E-state index in [9.17, 15) is 5.11 Å². The predicted octanol–water partition coefficient (Wildman–Crippen LogP) is 3.32. The summed E-state index contributed by atoms with van der Waals surface area (Å²) in [6.45, 7) is 8.51. The van der Waals surface area contributed by atoms with Gasteiger partial charge in [0.1, 0.15) is 0 Å². The molecular weight excluding hydrogens is 435 g/mol. The minimum absolute atomic E-state index is 0. The van der Waals surface area contributed by atoms with Gasteiger partial charge in [0.05, 0.1) is 23.4 Å². The second-order valence-corrected chi connectivity index (χ2v) is 7.49. The lowest BCUT2D eigenvalue weighted by Crippen LogP contribution is -2.48. The highest BCUT2D eigenvalue weighted by molar-refractivity contribution is 14.0. The molecule has 1 aliphatic rings. The van der Waals surface area contributed by atoms with Crippen LogP contribution in [-0.2, 0) is 13.0 Å². The van der Waals surface area contributed by atoms with Crippen LogP contribution in [0.2, 0.25) is 0 Å². The maximum atomic E-state index is 10.3. The van der Waals surface area contributed by atoms with Crippen LogP contribution in [0.3, 0.4) is 0 Å². The zero-order valence-corrected chi connectivity index (χ0v) is 18.1. The molecule has 1 saturated carbocycles. The molecule has 1 fully saturated rings. The molecule has 0 bridgehead atoms. The molecule has 2 rings (SSSR count). The summed E-state index contributed by atoms with van der Waals surface area (Å²) in [5.41, 5.74) is 0.956. The van der Waals surface area contributed by atoms with Gasteiger partial charge in [0.15, 0.2) is 5.96 Å². The number of aliphatic hydroxyl groups excluding tert-OH is 1. The number of halogens is 1. The summed E-state index contributed by atoms with van der Waals surface area (Å²) in [5.74, 6) is 0.803. The normalized spacial score (nSPS) is 24.3. The molecule has 0 radical (unpaired) electrons. The van der Waals surface area contributed by atoms with Crippen molar-refractivity contribution >= 4 is 41.3 Å². The molecule has 1 aliphatic carbocycles. The fraction of sp³-hybridized carbons (Fsp3) is 0.765. The average Bonchev–Trinajstić information content (AvgIpc) is 3.01. The Labute approximate surface area is 166 Å². The first-order valence-electron chi connectivity index (χ1n) is 8.71. The molecule has 2 atom stereocenters. The molecular formula is C17H31IN4OS. The summed E-state index contributed by atoms with van der Waals surface area (Å²) in [6.07, 6.45) is 5.05. The summed E-state index contributed by atoms with van der Waals surface area (Å²) in [6, 6.07) is 0. The van der Waals surface area contributed by atoms with Crippen molar-refractivity contribution in [1.82, 2.24) is 15.6 Å². The van der Waals surface area contributed by atoms with E-state index in [1.165, 1.54) is 6.42 Å². The smallest absolute Gasteiger partial charge is 0.191 e. The molecule has 0 spiro atoms. The van der Waals surface area contributed by atoms with Crippen molar-refractivity contribution < 1.29 is 5.11 Å². The number of aliphatic imine (C=N–C) groups is 1. The number of hydrogen-bond acceptors (Lipinski definition) is 4. The third kappa shape index (κ3) is 6.15. The van der Waals surface area contributed by atoms with E-state index in [-0.39, 0.29) is 35.5 Å². The Morgan fingerprint density at radius 1 is 1.42 bits per heavy atom. The maximum absolute atomic E-state index is 10.3. The van der Waals surface area contributed by atoms with E-state index >= 15 is 0 Å². The summed E-state index contributed by atoms with van der Waals surface area (Å²) in [4.78, 5) is 9.18. The van der Waals surface area contributed by atoms with E-state index in [1.54, 1.807) is 11.3 Å². The Hall–Kier alpha value is -0.410. The van der Waals surface area contributed by atoms with Crippen LogP contribution >= 0.6 is 35.3 Å². The monoisotopic (exact) mass is 466 g/mol. The molecule has 138 valence electrons. The standard InChI is InChI=1S/C17H30N4OS.HI/c1-4-15-21-13(11-23-15)10-19-16(18-5-2)20-12-17(3)9-7-6-8-14(17)22;/h11,14,22H,4-10,12H2,1-3H3,(H2,18,19,20);1H. The number of hydrogen-bond donors (Lipinski definition) is 3. The van der Waals surface area contributed by atoms with Gasteiger partial charge in [-0.05, 0) is 26.2 Å². The zero-order valence-electron chi connectivity index (χ0n) is 15.0. The van der Waals surface area contributed by atoms with Crippen molar-refractivity contribution in [2.24, 2.45) is 10.4 Å². The van der Waals surface area contributed by atoms with Gasteiger partial charge in [-0.15, -0.1) is 35.3 Å². The quantitative estimate of drug-likeness (QED) is 0.342. The van der Waals surface area contributed by atoms with Gasteiger partial charge in [-0.2, -0.15) is 0 Å². The van der Waals surface area contributed by atoms with E-state index in [4.69, 9.17) is 0 Å². The third-order valence-electron chi connectivity index (χ3n) is 4.58. The number of guanidine groups is 1. The van der Waals surface area contributed by atoms with Crippen molar-refractivity contribution in [2.75, 3.05) is 13.1 Å². The van der Waals surface area contributed by atoms with Crippen molar-refractivity contribution in [3.63, 3.8) is 0 Å². The first kappa shape index (κ1) is 21.6. The van der Waals surface area contributed by atoms with Crippen LogP contribution in [-0.4, -0.2) is 35.2 Å². The fourth-order valence-corrected chi connectivity index (χ4v) is 3.70. The van der Waals surface area contributed by atoms with Gasteiger partial charge in [0.2, 0.25) is 0 Å². The van der Waals surface area contributed by atoms with Gasteiger partial charge in [0, 0.05) is 23.9 Å². The molecule has 5 nitrogen and oxygen atoms in total. The number of aromatic nitrogens is 1. The lowest BCUT2D eigenvalue weighted by molar-refractivity contribution is 0.00397. The number of rotatable bonds is 6. The van der Waals surface area contributed by atoms with E-state index in [1.807, 2.05) is 0 Å². The van der Waals surface area contributed by atoms with Gasteiger partial charge in [-0.1, -0.05) is 26.7 Å². The van der Waals surface area contributed by atoms with Crippen LogP contribution in [0.1, 0.15) is 57.2 Å². The topological polar surface area (TPSA) is 69.5 Å². The van der Waals surface area contributed by atoms with Crippen molar-refractivity contribution in [3.05, 3.63) is 16.1 Å². The summed E-state index contributed by atoms with van der Waals surface area (Å²) in [5, 5.41) is 20.2. The van der Waals surface area contributed by atoms with Gasteiger partial charge < -0.3 is 15.7 Å². The Morgan fingerprint density at radius 3 is 2.83 bits per heavy atom. The molecule has 0 amide bonds. The zero-order chi connectivity index (χ0) is 16.7. The average molecular weight is 466 g/mol. The van der Waals surface area contributed by atoms with Gasteiger partial charge in [-0.3, -0.25) is 0 Å². The highest BCUT2D eigenvalue weighted by Crippen LogP contribution is 2.35. The van der Waals surface area contributed by atoms with Crippen LogP contribution in [0.4, 0.5) is 0 Å². The molecule has 0 aromatic carbocycles. The molecule has 1 aromatic heterocycles. The second-order valence-electron chi connectivity index (χ2n) is 6.55. The Balaban J connectivity index is 0.00000288. The molecule has 7 heteroatoms. The van der Waals surface area contributed by atoms with E-state index < -0.39 is 0 Å². The lowest BCUT2D eigenvalue weighted by atomic mass is 9.73. The maximum Gasteiger partial charge on any atom is 0.191 e. The minimum atomic E-state index is -0.225. The van der Waals surface area contributed by atoms with E-state index in [0.717, 1.165) is 55.4 Å². The van der Waals surface area contributed by atoms with Crippen molar-refractivity contribution in [1.29, 1.82) is 0 Å². The predicted molar refractivity (Wildman–Crippen MR) is 112 cm³/mol. The molecule has 1 heterocycles. The number of aryl methyl sites for hydroxylation is 1. The number of nitrogens with zero attached hydrogens (tertiary/aromatic N) is 2. The highest BCUT2D eigenvalue weighted by Gasteiger charge is 2.35. The van der Waals surface area contributed by atoms with Crippen LogP contribution in [0.25, 0.3) is 0 Å². The number of nitrogens with one attached hydrogen (secondary N) is 2. The third-order valence-corrected chi connectivity index (χ3v) is 5.63. The summed E-state index contributed by atoms with van der Waals surface area (Å²) < 4.78 is 0. The van der Waals surface area contributed by atoms with Crippen LogP contribution in [0, 0.1) is 5.41 Å². The van der Waals surface area contributed by atoms with E-state index in [0.29, 0.717) is 6.54 Å². The molecule has 2 unspecified atom stereocenters. The largest absolute Gasteiger partial charge is 0.392 e. The Morgan fingerprint density at radius 2 is 2.21 bits per heavy atom. The SMILES string of the molecule is CCNC(=NCc1csc(CC)n1)NCC1(C)CCCCC1O.I. The Kier molecular flexibility index (Phi) is 9.51. The van der Waals surface area contributed by atoms with Gasteiger partial charge in [0.25, 0.3) is 0 Å². The number of aliphatic hydroxyl groups is 1. The highest BCUT2D eigenvalue weighted by atomic mass is 127. The van der Waals surface area contributed by atoms with Gasteiger partial charge >= 0.3 is 0 Å². The first-order valence-corrected chi connectivity index (χ1v) is 9.59. The fourth-order valence-electron chi connectivity index (χ4n) is 2.96. The lowest BCUT2D eigenvalue weighted by Gasteiger charge is -2.38. The van der Waals surface area contributed by atoms with Crippen LogP contribution in [0.15, 0.2) is 10.4 Å². The van der Waals surface area contributed by atoms with Crippen molar-refractivity contribution in [2.45, 2.75) is 65.5 Å². The second kappa shape index (κ2) is 10.6. The molecule has 3 N–H and O–H groups in total. The molecule has 24 heavy (non-hydrogen) atoms. The minimum Gasteiger partial charge on any atom is -0.392 e. The van der Waals surface area contributed by atoms with Gasteiger partial charge in [-0.25, -0.2) is 9.98 Å². The van der Waals surface area contributed by atoms with Crippen LogP contribution < -0.4 is 10.6 Å². The molecule has 1 aromatic rings. The van der Waals surface area contributed by atoms with Crippen molar-refractivity contribution in [3.8, 4) is 0 Å². The molecule has 0 aliphatic heterocycles. The Bertz CT molecular complexity index is 522. The number of thiazole rings is 1. The molecule has 0 saturated heterocycles.